The van der Waals surface area contributed by atoms with Crippen LogP contribution in [-0.4, -0.2) is 96.9 Å². The molecule has 302 valence electrons. The van der Waals surface area contributed by atoms with E-state index in [-0.39, 0.29) is 46.7 Å². The molecule has 7 rings (SSSR count). The third kappa shape index (κ3) is 8.77. The average molecular weight is 832 g/mol. The minimum absolute atomic E-state index is 0.0553. The number of amides is 1. The van der Waals surface area contributed by atoms with Gasteiger partial charge in [0.1, 0.15) is 30.6 Å². The number of aromatic nitrogens is 7. The summed E-state index contributed by atoms with van der Waals surface area (Å²) >= 11 is 0. The largest absolute Gasteiger partial charge is 0.481 e. The number of nitrogens with one attached hydrogen (secondary N) is 2. The van der Waals surface area contributed by atoms with Crippen molar-refractivity contribution in [3.8, 4) is 0 Å². The number of aryl methyl sites for hydroxylation is 1. The number of nitrogens with zero attached hydrogens (tertiary/aromatic N) is 6. The van der Waals surface area contributed by atoms with Crippen molar-refractivity contribution >= 4 is 50.2 Å². The minimum atomic E-state index is -5.34. The van der Waals surface area contributed by atoms with E-state index in [2.05, 4.69) is 34.9 Å². The highest BCUT2D eigenvalue weighted by atomic mass is 31.3. The molecule has 0 radical (unpaired) electrons. The summed E-state index contributed by atoms with van der Waals surface area (Å²) in [5, 5.41) is 31.5. The van der Waals surface area contributed by atoms with Crippen LogP contribution in [0.1, 0.15) is 51.9 Å². The Morgan fingerprint density at radius 2 is 1.74 bits per heavy atom. The number of ether oxygens (including phenoxy) is 1. The predicted octanol–water partition coefficient (Wildman–Crippen LogP) is 0.415. The van der Waals surface area contributed by atoms with Crippen LogP contribution in [0.5, 0.6) is 0 Å². The van der Waals surface area contributed by atoms with Crippen molar-refractivity contribution in [1.82, 2.24) is 39.8 Å². The van der Waals surface area contributed by atoms with E-state index in [1.807, 2.05) is 0 Å². The third-order valence-electron chi connectivity index (χ3n) is 9.25. The van der Waals surface area contributed by atoms with E-state index in [4.69, 9.17) is 19.5 Å². The van der Waals surface area contributed by atoms with Gasteiger partial charge in [-0.15, -0.1) is 5.10 Å². The van der Waals surface area contributed by atoms with Gasteiger partial charge in [0, 0.05) is 29.8 Å². The second kappa shape index (κ2) is 16.1. The maximum atomic E-state index is 13.0. The van der Waals surface area contributed by atoms with Gasteiger partial charge in [-0.25, -0.2) is 14.1 Å². The van der Waals surface area contributed by atoms with Crippen LogP contribution in [-0.2, 0) is 45.2 Å². The molecule has 2 aliphatic carbocycles. The number of imidazole rings is 1. The molecule has 57 heavy (non-hydrogen) atoms. The third-order valence-corrected chi connectivity index (χ3v) is 11.8. The number of Topliss-reactive ketones (excluding diaryl/α,β-unsaturated/α-hetero) is 2. The second-order valence-electron chi connectivity index (χ2n) is 13.2. The van der Waals surface area contributed by atoms with E-state index in [1.165, 1.54) is 10.9 Å². The molecule has 1 fully saturated rings. The Hall–Kier alpha value is -5.06. The van der Waals surface area contributed by atoms with Crippen molar-refractivity contribution in [3.05, 3.63) is 87.9 Å². The van der Waals surface area contributed by atoms with Gasteiger partial charge in [0.15, 0.2) is 29.0 Å². The molecule has 0 saturated carbocycles. The van der Waals surface area contributed by atoms with Crippen LogP contribution in [0.25, 0.3) is 11.2 Å². The Morgan fingerprint density at radius 3 is 2.49 bits per heavy atom. The van der Waals surface area contributed by atoms with Gasteiger partial charge >= 0.3 is 15.6 Å². The molecule has 8 atom stereocenters. The fourth-order valence-corrected chi connectivity index (χ4v) is 8.59. The van der Waals surface area contributed by atoms with Crippen molar-refractivity contribution in [3.63, 3.8) is 0 Å². The maximum Gasteiger partial charge on any atom is 0.481 e. The second-order valence-corrected chi connectivity index (χ2v) is 16.2. The van der Waals surface area contributed by atoms with Gasteiger partial charge < -0.3 is 35.8 Å². The van der Waals surface area contributed by atoms with Crippen LogP contribution >= 0.6 is 15.6 Å². The van der Waals surface area contributed by atoms with Gasteiger partial charge in [-0.05, 0) is 25.0 Å². The minimum Gasteiger partial charge on any atom is -0.387 e. The number of hydrogen-bond acceptors (Lipinski definition) is 17. The standard InChI is InChI=1S/C32H35N9O14P2/c33-32-36-29-24(30(47)37-32)34-15-41(29)31-28(46)27(45)22(54-31)14-53-57(50,51)55-56(48,49)52-13-17-12-40(39-38-17)10-4-3-7-23(42)35-16-8-9-20-21(11-16)26(44)19-6-2-1-5-18(19)25(20)43/h1-2,5-6,8-9,11-12,15,20-22,27-28,31,45-46H,3-4,7,10,13-14H2,(H,35,42)(H,48,49)(H,50,51)(H3,33,36,37,47)/t20?,21?,22-,27-,28-,31?/m1/s1. The zero-order valence-corrected chi connectivity index (χ0v) is 31.2. The van der Waals surface area contributed by atoms with E-state index < -0.39 is 70.8 Å². The lowest BCUT2D eigenvalue weighted by molar-refractivity contribution is -0.120. The Bertz CT molecular complexity index is 2450. The summed E-state index contributed by atoms with van der Waals surface area (Å²) in [7, 11) is -10.6. The number of phosphoric ester groups is 2. The molecular formula is C32H35N9O14P2. The van der Waals surface area contributed by atoms with Crippen molar-refractivity contribution < 1.29 is 61.6 Å². The van der Waals surface area contributed by atoms with Gasteiger partial charge in [0.25, 0.3) is 5.56 Å². The number of allylic oxidation sites excluding steroid dienone is 3. The van der Waals surface area contributed by atoms with Crippen molar-refractivity contribution in [2.45, 2.75) is 57.0 Å². The van der Waals surface area contributed by atoms with E-state index in [9.17, 15) is 48.3 Å². The molecule has 0 bridgehead atoms. The first-order valence-corrected chi connectivity index (χ1v) is 20.2. The highest BCUT2D eigenvalue weighted by molar-refractivity contribution is 7.61. The van der Waals surface area contributed by atoms with E-state index in [0.717, 1.165) is 10.9 Å². The molecule has 4 aromatic rings. The summed E-state index contributed by atoms with van der Waals surface area (Å²) < 4.78 is 46.9. The molecule has 23 nitrogen and oxygen atoms in total. The monoisotopic (exact) mass is 831 g/mol. The molecular weight excluding hydrogens is 796 g/mol. The maximum absolute atomic E-state index is 13.0. The number of carbonyl (C=O) groups excluding carboxylic acids is 3. The number of unbranched alkanes of at least 4 members (excludes halogenated alkanes) is 1. The van der Waals surface area contributed by atoms with Crippen LogP contribution in [0.2, 0.25) is 0 Å². The number of hydrogen-bond donors (Lipinski definition) is 7. The number of phosphoric acid groups is 2. The zero-order valence-electron chi connectivity index (χ0n) is 29.4. The fourth-order valence-electron chi connectivity index (χ4n) is 6.54. The first-order chi connectivity index (χ1) is 27.1. The molecule has 0 spiro atoms. The zero-order chi connectivity index (χ0) is 40.6. The highest BCUT2D eigenvalue weighted by Crippen LogP contribution is 2.61. The quantitative estimate of drug-likeness (QED) is 0.0630. The molecule has 1 amide bonds. The van der Waals surface area contributed by atoms with Crippen LogP contribution in [0.3, 0.4) is 0 Å². The number of benzene rings is 1. The van der Waals surface area contributed by atoms with Crippen LogP contribution in [0.4, 0.5) is 5.95 Å². The molecule has 1 aromatic carbocycles. The fraction of sp³-hybridized carbons (Fsp3) is 0.375. The summed E-state index contributed by atoms with van der Waals surface area (Å²) in [6, 6.07) is 6.66. The first-order valence-electron chi connectivity index (χ1n) is 17.3. The number of carbonyl (C=O) groups is 3. The molecule has 3 aliphatic rings. The summed E-state index contributed by atoms with van der Waals surface area (Å²) in [5.74, 6) is -2.20. The van der Waals surface area contributed by atoms with E-state index in [1.54, 1.807) is 42.5 Å². The molecule has 5 unspecified atom stereocenters. The van der Waals surface area contributed by atoms with Gasteiger partial charge in [-0.1, -0.05) is 35.6 Å². The number of nitrogen functional groups attached to an aromatic ring is 1. The molecule has 25 heteroatoms. The van der Waals surface area contributed by atoms with Crippen molar-refractivity contribution in [2.24, 2.45) is 11.8 Å². The number of aliphatic hydroxyl groups is 2. The lowest BCUT2D eigenvalue weighted by Gasteiger charge is -2.29. The molecule has 4 heterocycles. The number of ketones is 2. The number of fused-ring (bicyclic) bond motifs is 3. The summed E-state index contributed by atoms with van der Waals surface area (Å²) in [4.78, 5) is 80.9. The van der Waals surface area contributed by atoms with Gasteiger partial charge in [0.05, 0.1) is 31.0 Å². The van der Waals surface area contributed by atoms with E-state index in [0.29, 0.717) is 36.2 Å². The van der Waals surface area contributed by atoms with Gasteiger partial charge in [-0.3, -0.25) is 42.5 Å². The number of aromatic amines is 1. The summed E-state index contributed by atoms with van der Waals surface area (Å²) in [5.41, 5.74) is 5.93. The first kappa shape index (κ1) is 40.1. The summed E-state index contributed by atoms with van der Waals surface area (Å²) in [6.07, 6.45) is 2.18. The normalized spacial score (nSPS) is 25.1. The number of nitrogens with two attached hydrogens (primary N) is 1. The van der Waals surface area contributed by atoms with Crippen LogP contribution in [0.15, 0.2) is 65.5 Å². The van der Waals surface area contributed by atoms with E-state index >= 15 is 0 Å². The van der Waals surface area contributed by atoms with Gasteiger partial charge in [-0.2, -0.15) is 9.29 Å². The number of anilines is 1. The van der Waals surface area contributed by atoms with Crippen LogP contribution in [0, 0.1) is 11.8 Å². The predicted molar refractivity (Wildman–Crippen MR) is 191 cm³/mol. The highest BCUT2D eigenvalue weighted by Gasteiger charge is 2.46. The molecule has 1 aliphatic heterocycles. The number of aliphatic hydroxyl groups excluding tert-OH is 2. The Morgan fingerprint density at radius 1 is 1.02 bits per heavy atom. The van der Waals surface area contributed by atoms with Crippen molar-refractivity contribution in [1.29, 1.82) is 0 Å². The summed E-state index contributed by atoms with van der Waals surface area (Å²) in [6.45, 7) is -1.27. The lowest BCUT2D eigenvalue weighted by Crippen LogP contribution is -2.37. The Labute approximate surface area is 320 Å². The SMILES string of the molecule is Nc1nc2c(ncn2C2O[C@H](COP(=O)(O)OP(=O)(O)OCc3cn(CCCCC(=O)NC4=CC5C(=O)c6ccccc6C(=O)C5C=C4)nn3)[C@@H](O)[C@H]2O)c(=O)[nH]1. The Balaban J connectivity index is 0.827. The van der Waals surface area contributed by atoms with Crippen LogP contribution < -0.4 is 16.6 Å². The van der Waals surface area contributed by atoms with Crippen molar-refractivity contribution in [2.75, 3.05) is 12.3 Å². The number of rotatable bonds is 15. The van der Waals surface area contributed by atoms with Gasteiger partial charge in [0.2, 0.25) is 11.9 Å². The Kier molecular flexibility index (Phi) is 11.3. The molecule has 8 N–H and O–H groups in total. The topological polar surface area (TPSA) is 336 Å². The number of H-pyrrole nitrogens is 1. The average Bonchev–Trinajstić information content (AvgIpc) is 3.88. The molecule has 3 aromatic heterocycles. The smallest absolute Gasteiger partial charge is 0.387 e. The molecule has 1 saturated heterocycles. The lowest BCUT2D eigenvalue weighted by atomic mass is 9.72.